The molecule has 0 spiro atoms. The molecule has 1 aromatic rings. The van der Waals surface area contributed by atoms with E-state index in [0.717, 1.165) is 26.1 Å². The van der Waals surface area contributed by atoms with E-state index < -0.39 is 0 Å². The Bertz CT molecular complexity index is 394. The minimum atomic E-state index is 0.220. The predicted molar refractivity (Wildman–Crippen MR) is 82.6 cm³/mol. The van der Waals surface area contributed by atoms with Gasteiger partial charge in [-0.05, 0) is 31.2 Å². The summed E-state index contributed by atoms with van der Waals surface area (Å²) in [5.41, 5.74) is 3.06. The number of hydrogen-bond donors (Lipinski definition) is 1. The molecule has 18 heavy (non-hydrogen) atoms. The molecule has 0 fully saturated rings. The van der Waals surface area contributed by atoms with Gasteiger partial charge in [0.05, 0.1) is 0 Å². The quantitative estimate of drug-likeness (QED) is 0.899. The van der Waals surface area contributed by atoms with E-state index in [0.29, 0.717) is 0 Å². The van der Waals surface area contributed by atoms with E-state index in [1.54, 1.807) is 0 Å². The van der Waals surface area contributed by atoms with E-state index in [9.17, 15) is 0 Å². The Hall–Kier alpha value is -0.670. The molecular formula is C15H24N2S. The highest BCUT2D eigenvalue weighted by atomic mass is 32.2. The van der Waals surface area contributed by atoms with Crippen molar-refractivity contribution in [3.63, 3.8) is 0 Å². The van der Waals surface area contributed by atoms with Gasteiger partial charge in [-0.3, -0.25) is 0 Å². The number of benzene rings is 1. The molecule has 0 radical (unpaired) electrons. The molecule has 0 saturated heterocycles. The molecule has 0 saturated carbocycles. The van der Waals surface area contributed by atoms with Crippen molar-refractivity contribution >= 4 is 17.4 Å². The van der Waals surface area contributed by atoms with Crippen molar-refractivity contribution in [3.8, 4) is 0 Å². The molecule has 2 nitrogen and oxygen atoms in total. The van der Waals surface area contributed by atoms with E-state index in [1.807, 2.05) is 11.8 Å². The van der Waals surface area contributed by atoms with Crippen LogP contribution in [0.3, 0.4) is 0 Å². The minimum absolute atomic E-state index is 0.220. The SMILES string of the molecule is CCC1(C)CN(CCSC)c2ccccc2CN1. The zero-order chi connectivity index (χ0) is 13.0. The average molecular weight is 264 g/mol. The zero-order valence-corrected chi connectivity index (χ0v) is 12.5. The highest BCUT2D eigenvalue weighted by Crippen LogP contribution is 2.27. The van der Waals surface area contributed by atoms with E-state index in [1.165, 1.54) is 17.0 Å². The Morgan fingerprint density at radius 3 is 2.89 bits per heavy atom. The molecule has 1 aliphatic heterocycles. The summed E-state index contributed by atoms with van der Waals surface area (Å²) in [5, 5.41) is 3.72. The van der Waals surface area contributed by atoms with Gasteiger partial charge in [0.1, 0.15) is 0 Å². The summed E-state index contributed by atoms with van der Waals surface area (Å²) in [6.45, 7) is 7.83. The summed E-state index contributed by atoms with van der Waals surface area (Å²) in [6, 6.07) is 8.80. The number of thioether (sulfide) groups is 1. The van der Waals surface area contributed by atoms with Crippen molar-refractivity contribution in [3.05, 3.63) is 29.8 Å². The van der Waals surface area contributed by atoms with Gasteiger partial charge in [0.2, 0.25) is 0 Å². The average Bonchev–Trinajstić information content (AvgIpc) is 2.55. The molecule has 1 aliphatic rings. The molecule has 0 aromatic heterocycles. The highest BCUT2D eigenvalue weighted by molar-refractivity contribution is 7.98. The molecule has 0 amide bonds. The highest BCUT2D eigenvalue weighted by Gasteiger charge is 2.28. The molecular weight excluding hydrogens is 240 g/mol. The van der Waals surface area contributed by atoms with Crippen LogP contribution < -0.4 is 10.2 Å². The summed E-state index contributed by atoms with van der Waals surface area (Å²) in [4.78, 5) is 2.55. The summed E-state index contributed by atoms with van der Waals surface area (Å²) >= 11 is 1.92. The van der Waals surface area contributed by atoms with Crippen molar-refractivity contribution < 1.29 is 0 Å². The van der Waals surface area contributed by atoms with Crippen LogP contribution in [-0.4, -0.2) is 30.6 Å². The van der Waals surface area contributed by atoms with Crippen LogP contribution in [0.15, 0.2) is 24.3 Å². The summed E-state index contributed by atoms with van der Waals surface area (Å²) in [6.07, 6.45) is 3.34. The third-order valence-electron chi connectivity index (χ3n) is 3.92. The van der Waals surface area contributed by atoms with Crippen LogP contribution in [0, 0.1) is 0 Å². The van der Waals surface area contributed by atoms with Crippen molar-refractivity contribution in [2.45, 2.75) is 32.4 Å². The molecule has 1 N–H and O–H groups in total. The van der Waals surface area contributed by atoms with Crippen molar-refractivity contribution in [2.24, 2.45) is 0 Å². The lowest BCUT2D eigenvalue weighted by Crippen LogP contribution is -2.49. The molecule has 2 rings (SSSR count). The molecule has 0 bridgehead atoms. The maximum atomic E-state index is 3.72. The molecule has 1 atom stereocenters. The molecule has 1 heterocycles. The zero-order valence-electron chi connectivity index (χ0n) is 11.7. The number of hydrogen-bond acceptors (Lipinski definition) is 3. The molecule has 1 aromatic carbocycles. The maximum absolute atomic E-state index is 3.72. The Balaban J connectivity index is 2.26. The first-order valence-electron chi connectivity index (χ1n) is 6.75. The summed E-state index contributed by atoms with van der Waals surface area (Å²) in [5.74, 6) is 1.19. The Labute approximate surface area is 115 Å². The van der Waals surface area contributed by atoms with Crippen LogP contribution in [0.25, 0.3) is 0 Å². The standard InChI is InChI=1S/C15H24N2S/c1-4-15(2)12-17(9-10-18-3)14-8-6-5-7-13(14)11-16-15/h5-8,16H,4,9-12H2,1-3H3. The number of nitrogens with one attached hydrogen (secondary N) is 1. The van der Waals surface area contributed by atoms with Crippen LogP contribution in [-0.2, 0) is 6.54 Å². The molecule has 0 aliphatic carbocycles. The van der Waals surface area contributed by atoms with Gasteiger partial charge in [0.25, 0.3) is 0 Å². The predicted octanol–water partition coefficient (Wildman–Crippen LogP) is 3.13. The van der Waals surface area contributed by atoms with Crippen LogP contribution in [0.1, 0.15) is 25.8 Å². The van der Waals surface area contributed by atoms with E-state index >= 15 is 0 Å². The number of anilines is 1. The largest absolute Gasteiger partial charge is 0.369 e. The van der Waals surface area contributed by atoms with Gasteiger partial charge in [-0.1, -0.05) is 25.1 Å². The fourth-order valence-corrected chi connectivity index (χ4v) is 2.88. The normalized spacial score (nSPS) is 23.6. The number of nitrogens with zero attached hydrogens (tertiary/aromatic N) is 1. The van der Waals surface area contributed by atoms with Gasteiger partial charge in [-0.15, -0.1) is 0 Å². The third-order valence-corrected chi connectivity index (χ3v) is 4.51. The van der Waals surface area contributed by atoms with Crippen LogP contribution in [0.5, 0.6) is 0 Å². The fourth-order valence-electron chi connectivity index (χ4n) is 2.48. The van der Waals surface area contributed by atoms with Gasteiger partial charge in [-0.2, -0.15) is 11.8 Å². The Morgan fingerprint density at radius 2 is 2.17 bits per heavy atom. The number of para-hydroxylation sites is 1. The lowest BCUT2D eigenvalue weighted by molar-refractivity contribution is 0.351. The van der Waals surface area contributed by atoms with Gasteiger partial charge < -0.3 is 10.2 Å². The minimum Gasteiger partial charge on any atom is -0.369 e. The fraction of sp³-hybridized carbons (Fsp3) is 0.600. The van der Waals surface area contributed by atoms with Crippen LogP contribution in [0.2, 0.25) is 0 Å². The number of rotatable bonds is 4. The topological polar surface area (TPSA) is 15.3 Å². The van der Waals surface area contributed by atoms with Crippen LogP contribution >= 0.6 is 11.8 Å². The summed E-state index contributed by atoms with van der Waals surface area (Å²) < 4.78 is 0. The van der Waals surface area contributed by atoms with Gasteiger partial charge in [0.15, 0.2) is 0 Å². The van der Waals surface area contributed by atoms with Gasteiger partial charge >= 0.3 is 0 Å². The third kappa shape index (κ3) is 3.01. The van der Waals surface area contributed by atoms with Crippen LogP contribution in [0.4, 0.5) is 5.69 Å². The maximum Gasteiger partial charge on any atom is 0.0412 e. The van der Waals surface area contributed by atoms with Gasteiger partial charge in [0, 0.05) is 36.6 Å². The van der Waals surface area contributed by atoms with Crippen molar-refractivity contribution in [1.29, 1.82) is 0 Å². The Morgan fingerprint density at radius 1 is 1.39 bits per heavy atom. The Kier molecular flexibility index (Phi) is 4.57. The smallest absolute Gasteiger partial charge is 0.0412 e. The second-order valence-corrected chi connectivity index (χ2v) is 6.30. The second kappa shape index (κ2) is 5.98. The van der Waals surface area contributed by atoms with E-state index in [2.05, 4.69) is 54.6 Å². The second-order valence-electron chi connectivity index (χ2n) is 5.31. The first kappa shape index (κ1) is 13.8. The first-order chi connectivity index (χ1) is 8.68. The van der Waals surface area contributed by atoms with E-state index in [4.69, 9.17) is 0 Å². The first-order valence-corrected chi connectivity index (χ1v) is 8.15. The lowest BCUT2D eigenvalue weighted by atomic mass is 9.98. The molecule has 1 unspecified atom stereocenters. The number of fused-ring (bicyclic) bond motifs is 1. The monoisotopic (exact) mass is 264 g/mol. The van der Waals surface area contributed by atoms with Crippen molar-refractivity contribution in [2.75, 3.05) is 30.0 Å². The van der Waals surface area contributed by atoms with Crippen molar-refractivity contribution in [1.82, 2.24) is 5.32 Å². The molecule has 3 heteroatoms. The van der Waals surface area contributed by atoms with Gasteiger partial charge in [-0.25, -0.2) is 0 Å². The summed E-state index contributed by atoms with van der Waals surface area (Å²) in [7, 11) is 0. The molecule has 100 valence electrons. The lowest BCUT2D eigenvalue weighted by Gasteiger charge is -2.34. The van der Waals surface area contributed by atoms with E-state index in [-0.39, 0.29) is 5.54 Å².